The number of carbonyl (C=O) groups is 1. The minimum Gasteiger partial charge on any atom is -0.425 e. The number of fused-ring (bicyclic) bond motifs is 1. The van der Waals surface area contributed by atoms with Gasteiger partial charge in [-0.3, -0.25) is 4.79 Å². The molecule has 108 valence electrons. The third kappa shape index (κ3) is 1.90. The molecule has 1 aliphatic heterocycles. The smallest absolute Gasteiger partial charge is 0.326 e. The van der Waals surface area contributed by atoms with Crippen LogP contribution in [-0.2, 0) is 10.2 Å². The Hall–Kier alpha value is -2.09. The van der Waals surface area contributed by atoms with Gasteiger partial charge in [0.15, 0.2) is 0 Å². The lowest BCUT2D eigenvalue weighted by molar-refractivity contribution is -0.136. The van der Waals surface area contributed by atoms with Crippen molar-refractivity contribution in [3.8, 4) is 5.75 Å². The van der Waals surface area contributed by atoms with Crippen molar-refractivity contribution < 1.29 is 9.53 Å². The van der Waals surface area contributed by atoms with Crippen molar-refractivity contribution in [2.24, 2.45) is 0 Å². The van der Waals surface area contributed by atoms with E-state index in [0.29, 0.717) is 5.75 Å². The molecule has 0 N–H and O–H groups in total. The van der Waals surface area contributed by atoms with Crippen LogP contribution in [0.25, 0.3) is 0 Å². The van der Waals surface area contributed by atoms with Gasteiger partial charge in [0.05, 0.1) is 0 Å². The molecule has 2 aromatic carbocycles. The maximum atomic E-state index is 12.6. The maximum Gasteiger partial charge on any atom is 0.326 e. The van der Waals surface area contributed by atoms with Crippen LogP contribution in [0.2, 0.25) is 0 Å². The van der Waals surface area contributed by atoms with Gasteiger partial charge in [-0.05, 0) is 68.5 Å². The van der Waals surface area contributed by atoms with E-state index in [-0.39, 0.29) is 5.97 Å². The van der Waals surface area contributed by atoms with Crippen molar-refractivity contribution in [1.82, 2.24) is 0 Å². The van der Waals surface area contributed by atoms with Crippen LogP contribution < -0.4 is 4.74 Å². The Bertz CT molecular complexity index is 758. The lowest BCUT2D eigenvalue weighted by Gasteiger charge is -2.22. The molecule has 0 radical (unpaired) electrons. The monoisotopic (exact) mass is 280 g/mol. The summed E-state index contributed by atoms with van der Waals surface area (Å²) in [5.41, 5.74) is 6.00. The summed E-state index contributed by atoms with van der Waals surface area (Å²) in [6, 6.07) is 10.3. The Balaban J connectivity index is 2.24. The third-order valence-electron chi connectivity index (χ3n) is 4.83. The van der Waals surface area contributed by atoms with Gasteiger partial charge in [-0.15, -0.1) is 0 Å². The average Bonchev–Trinajstić information content (AvgIpc) is 2.67. The minimum atomic E-state index is -0.716. The third-order valence-corrected chi connectivity index (χ3v) is 4.83. The summed E-state index contributed by atoms with van der Waals surface area (Å²) in [5.74, 6) is 0.509. The van der Waals surface area contributed by atoms with Crippen LogP contribution in [0.3, 0.4) is 0 Å². The molecule has 3 rings (SSSR count). The van der Waals surface area contributed by atoms with Crippen molar-refractivity contribution in [3.05, 3.63) is 63.7 Å². The highest BCUT2D eigenvalue weighted by atomic mass is 16.5. The zero-order valence-corrected chi connectivity index (χ0v) is 13.2. The summed E-state index contributed by atoms with van der Waals surface area (Å²) < 4.78 is 5.54. The second-order valence-electron chi connectivity index (χ2n) is 6.25. The predicted octanol–water partition coefficient (Wildman–Crippen LogP) is 4.15. The number of rotatable bonds is 1. The number of ether oxygens (including phenoxy) is 1. The van der Waals surface area contributed by atoms with Gasteiger partial charge in [-0.25, -0.2) is 0 Å². The molecule has 0 fully saturated rings. The van der Waals surface area contributed by atoms with E-state index in [9.17, 15) is 4.79 Å². The first kappa shape index (κ1) is 13.9. The minimum absolute atomic E-state index is 0.189. The van der Waals surface area contributed by atoms with E-state index in [4.69, 9.17) is 4.74 Å². The van der Waals surface area contributed by atoms with Crippen LogP contribution in [0.1, 0.15) is 40.3 Å². The molecule has 21 heavy (non-hydrogen) atoms. The van der Waals surface area contributed by atoms with Crippen LogP contribution in [0.15, 0.2) is 30.3 Å². The van der Waals surface area contributed by atoms with Crippen molar-refractivity contribution in [1.29, 1.82) is 0 Å². The quantitative estimate of drug-likeness (QED) is 0.579. The molecule has 0 unspecified atom stereocenters. The topological polar surface area (TPSA) is 26.3 Å². The molecule has 2 nitrogen and oxygen atoms in total. The van der Waals surface area contributed by atoms with Crippen molar-refractivity contribution in [3.63, 3.8) is 0 Å². The second-order valence-corrected chi connectivity index (χ2v) is 6.25. The molecule has 2 aromatic rings. The van der Waals surface area contributed by atoms with E-state index in [1.165, 1.54) is 16.7 Å². The van der Waals surface area contributed by atoms with E-state index in [0.717, 1.165) is 16.7 Å². The summed E-state index contributed by atoms with van der Waals surface area (Å²) >= 11 is 0. The summed E-state index contributed by atoms with van der Waals surface area (Å²) in [4.78, 5) is 12.6. The molecule has 1 atom stereocenters. The van der Waals surface area contributed by atoms with Gasteiger partial charge in [-0.1, -0.05) is 24.3 Å². The number of benzene rings is 2. The fraction of sp³-hybridized carbons (Fsp3) is 0.316. The molecule has 0 aromatic heterocycles. The molecule has 2 heteroatoms. The number of esters is 1. The first-order valence-electron chi connectivity index (χ1n) is 7.26. The summed E-state index contributed by atoms with van der Waals surface area (Å²) in [5, 5.41) is 0. The lowest BCUT2D eigenvalue weighted by atomic mass is 9.76. The number of aryl methyl sites for hydroxylation is 4. The normalized spacial score (nSPS) is 20.3. The van der Waals surface area contributed by atoms with Crippen molar-refractivity contribution in [2.75, 3.05) is 0 Å². The molecule has 0 saturated carbocycles. The molecule has 0 spiro atoms. The Morgan fingerprint density at radius 3 is 2.14 bits per heavy atom. The fourth-order valence-corrected chi connectivity index (χ4v) is 2.90. The summed E-state index contributed by atoms with van der Waals surface area (Å²) in [6.07, 6.45) is 0. The fourth-order valence-electron chi connectivity index (χ4n) is 2.90. The largest absolute Gasteiger partial charge is 0.425 e. The van der Waals surface area contributed by atoms with Crippen LogP contribution in [0, 0.1) is 27.7 Å². The number of hydrogen-bond donors (Lipinski definition) is 0. The predicted molar refractivity (Wildman–Crippen MR) is 83.9 cm³/mol. The van der Waals surface area contributed by atoms with E-state index in [2.05, 4.69) is 39.0 Å². The van der Waals surface area contributed by atoms with E-state index >= 15 is 0 Å². The Morgan fingerprint density at radius 2 is 1.48 bits per heavy atom. The zero-order chi connectivity index (χ0) is 15.4. The van der Waals surface area contributed by atoms with Crippen LogP contribution in [0.4, 0.5) is 0 Å². The highest BCUT2D eigenvalue weighted by molar-refractivity contribution is 5.94. The van der Waals surface area contributed by atoms with Gasteiger partial charge >= 0.3 is 5.97 Å². The van der Waals surface area contributed by atoms with Gasteiger partial charge in [-0.2, -0.15) is 0 Å². The molecule has 0 aliphatic carbocycles. The van der Waals surface area contributed by atoms with E-state index in [1.807, 2.05) is 26.0 Å². The summed E-state index contributed by atoms with van der Waals surface area (Å²) in [6.45, 7) is 10.2. The number of hydrogen-bond acceptors (Lipinski definition) is 2. The summed E-state index contributed by atoms with van der Waals surface area (Å²) in [7, 11) is 0. The number of carbonyl (C=O) groups excluding carboxylic acids is 1. The standard InChI is InChI=1S/C19H20O2/c1-11-6-7-15(8-12(11)2)19(5)16-9-13(3)14(4)10-17(16)21-18(19)20/h6-10H,1-5H3/t19-/m1/s1. The highest BCUT2D eigenvalue weighted by Crippen LogP contribution is 2.45. The Kier molecular flexibility index (Phi) is 2.94. The van der Waals surface area contributed by atoms with Crippen LogP contribution >= 0.6 is 0 Å². The molecular weight excluding hydrogens is 260 g/mol. The van der Waals surface area contributed by atoms with Gasteiger partial charge in [0, 0.05) is 5.56 Å². The highest BCUT2D eigenvalue weighted by Gasteiger charge is 2.46. The Morgan fingerprint density at radius 1 is 0.857 bits per heavy atom. The second kappa shape index (κ2) is 4.45. The lowest BCUT2D eigenvalue weighted by Crippen LogP contribution is -2.31. The van der Waals surface area contributed by atoms with E-state index < -0.39 is 5.41 Å². The molecule has 0 saturated heterocycles. The first-order chi connectivity index (χ1) is 9.84. The molecule has 1 heterocycles. The molecule has 0 amide bonds. The average molecular weight is 280 g/mol. The van der Waals surface area contributed by atoms with E-state index in [1.54, 1.807) is 0 Å². The zero-order valence-electron chi connectivity index (χ0n) is 13.2. The van der Waals surface area contributed by atoms with Gasteiger partial charge in [0.2, 0.25) is 0 Å². The molecule has 0 bridgehead atoms. The van der Waals surface area contributed by atoms with Gasteiger partial charge in [0.25, 0.3) is 0 Å². The Labute approximate surface area is 125 Å². The first-order valence-corrected chi connectivity index (χ1v) is 7.26. The van der Waals surface area contributed by atoms with Crippen molar-refractivity contribution >= 4 is 5.97 Å². The SMILES string of the molecule is Cc1ccc([C@@]2(C)C(=O)Oc3cc(C)c(C)cc32)cc1C. The van der Waals surface area contributed by atoms with Crippen LogP contribution in [0.5, 0.6) is 5.75 Å². The molecule has 1 aliphatic rings. The maximum absolute atomic E-state index is 12.6. The van der Waals surface area contributed by atoms with Crippen molar-refractivity contribution in [2.45, 2.75) is 40.0 Å². The molecular formula is C19H20O2. The van der Waals surface area contributed by atoms with Gasteiger partial charge < -0.3 is 4.74 Å². The van der Waals surface area contributed by atoms with Crippen LogP contribution in [-0.4, -0.2) is 5.97 Å². The van der Waals surface area contributed by atoms with Gasteiger partial charge in [0.1, 0.15) is 11.2 Å².